The highest BCUT2D eigenvalue weighted by Gasteiger charge is 2.55. The number of carbonyl (C=O) groups is 3. The molecule has 0 bridgehead atoms. The van der Waals surface area contributed by atoms with Crippen molar-refractivity contribution in [1.82, 2.24) is 10.6 Å². The van der Waals surface area contributed by atoms with E-state index in [2.05, 4.69) is 10.6 Å². The number of thiocarbonyl (C=S) groups is 1. The first-order valence-corrected chi connectivity index (χ1v) is 8.01. The van der Waals surface area contributed by atoms with Crippen molar-refractivity contribution in [3.8, 4) is 6.07 Å². The number of nitrogens with one attached hydrogen (secondary N) is 2. The van der Waals surface area contributed by atoms with Crippen molar-refractivity contribution in [1.29, 1.82) is 5.26 Å². The Morgan fingerprint density at radius 1 is 1.40 bits per heavy atom. The lowest BCUT2D eigenvalue weighted by atomic mass is 9.77. The van der Waals surface area contributed by atoms with Gasteiger partial charge in [0.15, 0.2) is 22.4 Å². The van der Waals surface area contributed by atoms with E-state index < -0.39 is 35.5 Å². The van der Waals surface area contributed by atoms with Crippen molar-refractivity contribution < 1.29 is 19.1 Å². The number of methoxy groups -OCH3 is 1. The predicted octanol–water partition coefficient (Wildman–Crippen LogP) is 1.62. The minimum absolute atomic E-state index is 0.154. The SMILES string of the molecule is COC(=O)[C@@]1(CC(=O)c2ccc(Cl)c(Cl)c2)NC(=S)NC(=O)[C@@H]1C#N. The van der Waals surface area contributed by atoms with E-state index in [4.69, 9.17) is 40.2 Å². The molecular weight excluding hydrogens is 389 g/mol. The molecule has 2 N–H and O–H groups in total. The highest BCUT2D eigenvalue weighted by Crippen LogP contribution is 2.30. The Hall–Kier alpha value is -2.21. The number of hydrogen-bond donors (Lipinski definition) is 2. The van der Waals surface area contributed by atoms with Gasteiger partial charge in [-0.25, -0.2) is 4.79 Å². The molecule has 0 aliphatic carbocycles. The molecule has 1 fully saturated rings. The number of rotatable bonds is 4. The lowest BCUT2D eigenvalue weighted by molar-refractivity contribution is -0.152. The van der Waals surface area contributed by atoms with E-state index in [1.807, 2.05) is 0 Å². The zero-order valence-electron chi connectivity index (χ0n) is 12.8. The first-order valence-electron chi connectivity index (χ1n) is 6.84. The van der Waals surface area contributed by atoms with E-state index in [0.29, 0.717) is 0 Å². The summed E-state index contributed by atoms with van der Waals surface area (Å²) in [6.07, 6.45) is -0.538. The van der Waals surface area contributed by atoms with E-state index in [9.17, 15) is 19.6 Å². The molecule has 25 heavy (non-hydrogen) atoms. The third-order valence-electron chi connectivity index (χ3n) is 3.69. The van der Waals surface area contributed by atoms with E-state index >= 15 is 0 Å². The molecule has 0 aromatic heterocycles. The second-order valence-electron chi connectivity index (χ2n) is 5.20. The van der Waals surface area contributed by atoms with Crippen molar-refractivity contribution in [3.63, 3.8) is 0 Å². The van der Waals surface area contributed by atoms with Gasteiger partial charge in [-0.2, -0.15) is 5.26 Å². The fraction of sp³-hybridized carbons (Fsp3) is 0.267. The maximum absolute atomic E-state index is 12.6. The normalized spacial score (nSPS) is 22.4. The molecule has 1 aliphatic heterocycles. The summed E-state index contributed by atoms with van der Waals surface area (Å²) >= 11 is 16.6. The lowest BCUT2D eigenvalue weighted by Gasteiger charge is -2.38. The van der Waals surface area contributed by atoms with Crippen LogP contribution in [0.3, 0.4) is 0 Å². The Morgan fingerprint density at radius 3 is 2.64 bits per heavy atom. The summed E-state index contributed by atoms with van der Waals surface area (Å²) in [6, 6.07) is 5.90. The summed E-state index contributed by atoms with van der Waals surface area (Å²) in [4.78, 5) is 37.1. The molecule has 1 aliphatic rings. The van der Waals surface area contributed by atoms with Gasteiger partial charge in [0.05, 0.1) is 23.2 Å². The van der Waals surface area contributed by atoms with Crippen molar-refractivity contribution in [2.45, 2.75) is 12.0 Å². The Morgan fingerprint density at radius 2 is 2.08 bits per heavy atom. The minimum atomic E-state index is -1.94. The molecule has 1 aromatic carbocycles. The van der Waals surface area contributed by atoms with E-state index in [-0.39, 0.29) is 20.7 Å². The van der Waals surface area contributed by atoms with Gasteiger partial charge in [-0.3, -0.25) is 9.59 Å². The van der Waals surface area contributed by atoms with Crippen LogP contribution in [0.25, 0.3) is 0 Å². The van der Waals surface area contributed by atoms with Gasteiger partial charge in [-0.05, 0) is 30.4 Å². The van der Waals surface area contributed by atoms with Crippen LogP contribution in [0.5, 0.6) is 0 Å². The number of Topliss-reactive ketones (excluding diaryl/α,β-unsaturated/α-hetero) is 1. The van der Waals surface area contributed by atoms with Crippen LogP contribution < -0.4 is 10.6 Å². The number of ether oxygens (including phenoxy) is 1. The second kappa shape index (κ2) is 7.35. The Kier molecular flexibility index (Phi) is 5.62. The fourth-order valence-electron chi connectivity index (χ4n) is 2.48. The molecular formula is C15H11Cl2N3O4S. The third-order valence-corrected chi connectivity index (χ3v) is 4.63. The summed E-state index contributed by atoms with van der Waals surface area (Å²) in [5, 5.41) is 14.4. The number of halogens is 2. The number of carbonyl (C=O) groups excluding carboxylic acids is 3. The largest absolute Gasteiger partial charge is 0.467 e. The number of nitriles is 1. The Bertz CT molecular complexity index is 823. The molecule has 1 heterocycles. The predicted molar refractivity (Wildman–Crippen MR) is 93.1 cm³/mol. The van der Waals surface area contributed by atoms with Gasteiger partial charge in [0, 0.05) is 12.0 Å². The molecule has 7 nitrogen and oxygen atoms in total. The molecule has 1 saturated heterocycles. The van der Waals surface area contributed by atoms with E-state index in [1.165, 1.54) is 18.2 Å². The van der Waals surface area contributed by atoms with Crippen LogP contribution in [-0.4, -0.2) is 35.4 Å². The van der Waals surface area contributed by atoms with Crippen LogP contribution in [0, 0.1) is 17.2 Å². The number of benzene rings is 1. The summed E-state index contributed by atoms with van der Waals surface area (Å²) in [5.41, 5.74) is -1.78. The number of amides is 1. The van der Waals surface area contributed by atoms with E-state index in [0.717, 1.165) is 7.11 Å². The average Bonchev–Trinajstić information content (AvgIpc) is 2.55. The lowest BCUT2D eigenvalue weighted by Crippen LogP contribution is -2.70. The highest BCUT2D eigenvalue weighted by atomic mass is 35.5. The van der Waals surface area contributed by atoms with Gasteiger partial charge < -0.3 is 15.4 Å². The molecule has 10 heteroatoms. The molecule has 0 spiro atoms. The monoisotopic (exact) mass is 399 g/mol. The Balaban J connectivity index is 2.46. The van der Waals surface area contributed by atoms with Gasteiger partial charge in [-0.15, -0.1) is 0 Å². The van der Waals surface area contributed by atoms with Crippen molar-refractivity contribution >= 4 is 58.2 Å². The van der Waals surface area contributed by atoms with Crippen LogP contribution >= 0.6 is 35.4 Å². The van der Waals surface area contributed by atoms with Crippen LogP contribution in [0.1, 0.15) is 16.8 Å². The van der Waals surface area contributed by atoms with Gasteiger partial charge in [-0.1, -0.05) is 23.2 Å². The number of hydrogen-bond acceptors (Lipinski definition) is 6. The summed E-state index contributed by atoms with van der Waals surface area (Å²) < 4.78 is 4.71. The van der Waals surface area contributed by atoms with Gasteiger partial charge in [0.2, 0.25) is 5.91 Å². The summed E-state index contributed by atoms with van der Waals surface area (Å²) in [5.74, 6) is -3.81. The maximum atomic E-state index is 12.6. The summed E-state index contributed by atoms with van der Waals surface area (Å²) in [7, 11) is 1.08. The molecule has 0 saturated carbocycles. The van der Waals surface area contributed by atoms with Crippen molar-refractivity contribution in [2.75, 3.05) is 7.11 Å². The first-order chi connectivity index (χ1) is 11.7. The van der Waals surface area contributed by atoms with Crippen LogP contribution in [0.15, 0.2) is 18.2 Å². The fourth-order valence-corrected chi connectivity index (χ4v) is 3.06. The van der Waals surface area contributed by atoms with Crippen LogP contribution in [0.2, 0.25) is 10.0 Å². The van der Waals surface area contributed by atoms with Crippen LogP contribution in [-0.2, 0) is 14.3 Å². The minimum Gasteiger partial charge on any atom is -0.467 e. The summed E-state index contributed by atoms with van der Waals surface area (Å²) in [6.45, 7) is 0. The zero-order valence-corrected chi connectivity index (χ0v) is 15.1. The van der Waals surface area contributed by atoms with Crippen molar-refractivity contribution in [3.05, 3.63) is 33.8 Å². The highest BCUT2D eigenvalue weighted by molar-refractivity contribution is 7.80. The number of nitrogens with zero attached hydrogens (tertiary/aromatic N) is 1. The quantitative estimate of drug-likeness (QED) is 0.449. The topological polar surface area (TPSA) is 108 Å². The first kappa shape index (κ1) is 19.1. The maximum Gasteiger partial charge on any atom is 0.334 e. The third kappa shape index (κ3) is 3.58. The molecule has 130 valence electrons. The molecule has 1 amide bonds. The van der Waals surface area contributed by atoms with Gasteiger partial charge >= 0.3 is 5.97 Å². The average molecular weight is 400 g/mol. The van der Waals surface area contributed by atoms with E-state index in [1.54, 1.807) is 6.07 Å². The second-order valence-corrected chi connectivity index (χ2v) is 6.42. The van der Waals surface area contributed by atoms with Crippen molar-refractivity contribution in [2.24, 2.45) is 5.92 Å². The zero-order chi connectivity index (χ0) is 18.8. The number of esters is 1. The molecule has 0 radical (unpaired) electrons. The molecule has 2 rings (SSSR count). The Labute approximate surface area is 158 Å². The van der Waals surface area contributed by atoms with Gasteiger partial charge in [0.1, 0.15) is 0 Å². The molecule has 1 aromatic rings. The smallest absolute Gasteiger partial charge is 0.334 e. The molecule has 2 atom stereocenters. The molecule has 0 unspecified atom stereocenters. The number of ketones is 1. The standard InChI is InChI=1S/C15H11Cl2N3O4S/c1-24-13(23)15(8(6-18)12(22)19-14(25)20-15)5-11(21)7-2-3-9(16)10(17)4-7/h2-4,8H,5H2,1H3,(H2,19,20,22,25)/t8-,15-/m0/s1. The van der Waals surface area contributed by atoms with Gasteiger partial charge in [0.25, 0.3) is 0 Å². The van der Waals surface area contributed by atoms with Crippen LogP contribution in [0.4, 0.5) is 0 Å².